The molecule has 2 aromatic rings. The monoisotopic (exact) mass is 432 g/mol. The molecule has 3 N–H and O–H groups in total. The van der Waals surface area contributed by atoms with Crippen LogP contribution in [0.25, 0.3) is 11.0 Å². The Bertz CT molecular complexity index is 897. The normalized spacial score (nSPS) is 16.9. The van der Waals surface area contributed by atoms with E-state index in [-0.39, 0.29) is 0 Å². The molecular weight excluding hydrogens is 408 g/mol. The molecule has 4 rings (SSSR count). The van der Waals surface area contributed by atoms with E-state index in [9.17, 15) is 9.59 Å². The van der Waals surface area contributed by atoms with Gasteiger partial charge in [-0.15, -0.1) is 0 Å². The summed E-state index contributed by atoms with van der Waals surface area (Å²) in [4.78, 5) is 37.9. The minimum Gasteiger partial charge on any atom is -0.478 e. The van der Waals surface area contributed by atoms with E-state index < -0.39 is 11.9 Å². The number of rotatable bonds is 4. The molecule has 0 atom stereocenters. The summed E-state index contributed by atoms with van der Waals surface area (Å²) in [5.41, 5.74) is 1.87. The van der Waals surface area contributed by atoms with Gasteiger partial charge in [0.25, 0.3) is 0 Å². The molecule has 0 amide bonds. The fraction of sp³-hybridized carbons (Fsp3) is 0.421. The van der Waals surface area contributed by atoms with E-state index >= 15 is 0 Å². The van der Waals surface area contributed by atoms with Crippen molar-refractivity contribution in [3.8, 4) is 0 Å². The van der Waals surface area contributed by atoms with E-state index in [1.807, 2.05) is 30.1 Å². The Labute approximate surface area is 178 Å². The second-order valence-corrected chi connectivity index (χ2v) is 7.79. The van der Waals surface area contributed by atoms with Crippen LogP contribution in [0.1, 0.15) is 0 Å². The molecule has 0 bridgehead atoms. The van der Waals surface area contributed by atoms with Gasteiger partial charge in [0.2, 0.25) is 5.95 Å². The van der Waals surface area contributed by atoms with Crippen molar-refractivity contribution in [3.05, 3.63) is 30.5 Å². The number of carboxylic acids is 2. The van der Waals surface area contributed by atoms with Gasteiger partial charge in [0, 0.05) is 69.1 Å². The molecule has 2 fully saturated rings. The average Bonchev–Trinajstić information content (AvgIpc) is 2.78. The predicted octanol–water partition coefficient (Wildman–Crippen LogP) is 0.699. The zero-order valence-electron chi connectivity index (χ0n) is 16.4. The van der Waals surface area contributed by atoms with Crippen molar-refractivity contribution in [1.29, 1.82) is 0 Å². The molecule has 2 aromatic heterocycles. The van der Waals surface area contributed by atoms with Crippen LogP contribution >= 0.6 is 11.8 Å². The Kier molecular flexibility index (Phi) is 7.80. The maximum absolute atomic E-state index is 9.55. The van der Waals surface area contributed by atoms with Crippen molar-refractivity contribution < 1.29 is 19.8 Å². The molecule has 10 nitrogen and oxygen atoms in total. The Morgan fingerprint density at radius 3 is 2.30 bits per heavy atom. The highest BCUT2D eigenvalue weighted by atomic mass is 32.2. The number of hydrogen-bond donors (Lipinski definition) is 3. The van der Waals surface area contributed by atoms with Crippen molar-refractivity contribution >= 4 is 46.5 Å². The Hall–Kier alpha value is -2.92. The summed E-state index contributed by atoms with van der Waals surface area (Å²) in [5.74, 6) is 1.64. The lowest BCUT2D eigenvalue weighted by atomic mass is 10.3. The van der Waals surface area contributed by atoms with Gasteiger partial charge in [0.05, 0.1) is 5.52 Å². The number of pyridine rings is 1. The minimum absolute atomic E-state index is 0.558. The van der Waals surface area contributed by atoms with E-state index in [4.69, 9.17) is 20.2 Å². The largest absolute Gasteiger partial charge is 0.478 e. The molecule has 2 aliphatic heterocycles. The Morgan fingerprint density at radius 1 is 1.00 bits per heavy atom. The summed E-state index contributed by atoms with van der Waals surface area (Å²) >= 11 is 2.01. The van der Waals surface area contributed by atoms with Gasteiger partial charge < -0.3 is 25.3 Å². The summed E-state index contributed by atoms with van der Waals surface area (Å²) in [6.07, 6.45) is 2.95. The quantitative estimate of drug-likeness (QED) is 0.590. The predicted molar refractivity (Wildman–Crippen MR) is 116 cm³/mol. The van der Waals surface area contributed by atoms with Gasteiger partial charge in [-0.05, 0) is 12.1 Å². The van der Waals surface area contributed by atoms with Crippen LogP contribution in [0.4, 0.5) is 11.8 Å². The minimum atomic E-state index is -1.26. The van der Waals surface area contributed by atoms with Gasteiger partial charge in [-0.2, -0.15) is 16.7 Å². The van der Waals surface area contributed by atoms with E-state index in [1.165, 1.54) is 0 Å². The van der Waals surface area contributed by atoms with Crippen molar-refractivity contribution in [2.45, 2.75) is 0 Å². The van der Waals surface area contributed by atoms with Crippen LogP contribution in [0, 0.1) is 0 Å². The lowest BCUT2D eigenvalue weighted by molar-refractivity contribution is -0.134. The van der Waals surface area contributed by atoms with Crippen LogP contribution in [0.15, 0.2) is 30.5 Å². The number of nitrogens with zero attached hydrogens (tertiary/aromatic N) is 5. The molecule has 4 heterocycles. The molecule has 11 heteroatoms. The number of thioether (sulfide) groups is 1. The third-order valence-corrected chi connectivity index (χ3v) is 5.45. The van der Waals surface area contributed by atoms with Gasteiger partial charge in [0.1, 0.15) is 5.52 Å². The number of fused-ring (bicyclic) bond motifs is 1. The molecule has 0 aromatic carbocycles. The van der Waals surface area contributed by atoms with Crippen LogP contribution in [0.2, 0.25) is 0 Å². The number of carboxylic acid groups (broad SMARTS) is 2. The summed E-state index contributed by atoms with van der Waals surface area (Å²) in [7, 11) is 0. The first kappa shape index (κ1) is 21.8. The topological polar surface area (TPSA) is 132 Å². The Morgan fingerprint density at radius 2 is 1.67 bits per heavy atom. The summed E-state index contributed by atoms with van der Waals surface area (Å²) < 4.78 is 0. The highest BCUT2D eigenvalue weighted by Gasteiger charge is 2.21. The number of hydrogen-bond acceptors (Lipinski definition) is 9. The molecule has 0 unspecified atom stereocenters. The third-order valence-electron chi connectivity index (χ3n) is 4.50. The second kappa shape index (κ2) is 10.7. The number of aromatic nitrogens is 3. The standard InChI is InChI=1S/C15H20N6S.C4H4O4/c1-2-12-13(17-3-1)14(20-8-10-22-11-9-20)19-15(18-12)21-6-4-16-5-7-21;5-3(6)1-2-4(7)8/h1-3,16H,4-11H2;1-2H,(H,5,6)(H,7,8). The van der Waals surface area contributed by atoms with E-state index in [0.29, 0.717) is 12.2 Å². The van der Waals surface area contributed by atoms with Gasteiger partial charge in [-0.25, -0.2) is 14.6 Å². The lowest BCUT2D eigenvalue weighted by Crippen LogP contribution is -2.44. The summed E-state index contributed by atoms with van der Waals surface area (Å²) in [5, 5.41) is 19.0. The third kappa shape index (κ3) is 6.04. The number of anilines is 2. The Balaban J connectivity index is 0.000000275. The summed E-state index contributed by atoms with van der Waals surface area (Å²) in [6.45, 7) is 5.97. The van der Waals surface area contributed by atoms with Crippen molar-refractivity contribution in [2.24, 2.45) is 0 Å². The van der Waals surface area contributed by atoms with E-state index in [2.05, 4.69) is 20.1 Å². The molecule has 30 heavy (non-hydrogen) atoms. The number of aliphatic carboxylic acids is 2. The lowest BCUT2D eigenvalue weighted by Gasteiger charge is -2.31. The SMILES string of the molecule is O=C(O)C=CC(=O)O.c1cnc2c(N3CCSCC3)nc(N3CCNCC3)nc2c1. The first-order valence-electron chi connectivity index (χ1n) is 9.59. The van der Waals surface area contributed by atoms with Crippen molar-refractivity contribution in [1.82, 2.24) is 20.3 Å². The van der Waals surface area contributed by atoms with E-state index in [0.717, 1.165) is 73.6 Å². The summed E-state index contributed by atoms with van der Waals surface area (Å²) in [6, 6.07) is 3.99. The molecule has 160 valence electrons. The molecule has 0 saturated carbocycles. The smallest absolute Gasteiger partial charge is 0.328 e. The second-order valence-electron chi connectivity index (χ2n) is 6.56. The maximum Gasteiger partial charge on any atom is 0.328 e. The first-order chi connectivity index (χ1) is 14.5. The number of nitrogens with one attached hydrogen (secondary N) is 1. The zero-order valence-corrected chi connectivity index (χ0v) is 17.2. The van der Waals surface area contributed by atoms with Gasteiger partial charge in [-0.1, -0.05) is 0 Å². The average molecular weight is 433 g/mol. The van der Waals surface area contributed by atoms with Crippen LogP contribution in [-0.2, 0) is 9.59 Å². The van der Waals surface area contributed by atoms with Gasteiger partial charge in [-0.3, -0.25) is 4.98 Å². The number of piperazine rings is 1. The molecule has 0 aliphatic carbocycles. The maximum atomic E-state index is 9.55. The molecule has 2 saturated heterocycles. The molecule has 2 aliphatic rings. The highest BCUT2D eigenvalue weighted by Crippen LogP contribution is 2.27. The highest BCUT2D eigenvalue weighted by molar-refractivity contribution is 7.99. The van der Waals surface area contributed by atoms with Crippen molar-refractivity contribution in [3.63, 3.8) is 0 Å². The zero-order chi connectivity index (χ0) is 21.3. The first-order valence-corrected chi connectivity index (χ1v) is 10.7. The molecule has 0 radical (unpaired) electrons. The van der Waals surface area contributed by atoms with Crippen molar-refractivity contribution in [2.75, 3.05) is 60.6 Å². The number of carbonyl (C=O) groups is 2. The van der Waals surface area contributed by atoms with Crippen LogP contribution < -0.4 is 15.1 Å². The van der Waals surface area contributed by atoms with Crippen LogP contribution in [0.5, 0.6) is 0 Å². The van der Waals surface area contributed by atoms with Gasteiger partial charge in [0.15, 0.2) is 5.82 Å². The fourth-order valence-corrected chi connectivity index (χ4v) is 3.99. The van der Waals surface area contributed by atoms with E-state index in [1.54, 1.807) is 0 Å². The van der Waals surface area contributed by atoms with Crippen LogP contribution in [-0.4, -0.2) is 87.9 Å². The molecule has 0 spiro atoms. The fourth-order valence-electron chi connectivity index (χ4n) is 3.08. The van der Waals surface area contributed by atoms with Gasteiger partial charge >= 0.3 is 11.9 Å². The van der Waals surface area contributed by atoms with Crippen LogP contribution in [0.3, 0.4) is 0 Å². The molecular formula is C19H24N6O4S.